The number of anilines is 1. The van der Waals surface area contributed by atoms with E-state index in [9.17, 15) is 0 Å². The van der Waals surface area contributed by atoms with Crippen LogP contribution in [0.5, 0.6) is 0 Å². The van der Waals surface area contributed by atoms with Crippen molar-refractivity contribution in [3.63, 3.8) is 0 Å². The third-order valence-electron chi connectivity index (χ3n) is 2.98. The smallest absolute Gasteiger partial charge is 0.134 e. The predicted octanol–water partition coefficient (Wildman–Crippen LogP) is 4.46. The van der Waals surface area contributed by atoms with Crippen LogP contribution in [0.2, 0.25) is 0 Å². The Morgan fingerprint density at radius 2 is 2.11 bits per heavy atom. The molecule has 0 radical (unpaired) electrons. The van der Waals surface area contributed by atoms with Gasteiger partial charge in [-0.15, -0.1) is 11.3 Å². The van der Waals surface area contributed by atoms with Crippen molar-refractivity contribution in [1.29, 1.82) is 0 Å². The molecule has 0 aliphatic heterocycles. The van der Waals surface area contributed by atoms with Crippen LogP contribution in [-0.2, 0) is 0 Å². The van der Waals surface area contributed by atoms with E-state index < -0.39 is 0 Å². The van der Waals surface area contributed by atoms with Crippen molar-refractivity contribution < 1.29 is 0 Å². The highest BCUT2D eigenvalue weighted by Crippen LogP contribution is 2.30. The van der Waals surface area contributed by atoms with Crippen LogP contribution >= 0.6 is 11.3 Å². The molecule has 0 aliphatic carbocycles. The first-order valence-electron chi connectivity index (χ1n) is 6.79. The normalized spacial score (nSPS) is 11.0. The van der Waals surface area contributed by atoms with Gasteiger partial charge in [0.15, 0.2) is 0 Å². The van der Waals surface area contributed by atoms with Gasteiger partial charge in [-0.1, -0.05) is 26.8 Å². The predicted molar refractivity (Wildman–Crippen MR) is 83.0 cm³/mol. The minimum absolute atomic E-state index is 0.335. The average molecular weight is 275 g/mol. The number of nitrogens with one attached hydrogen (secondary N) is 1. The van der Waals surface area contributed by atoms with Crippen LogP contribution in [-0.4, -0.2) is 16.5 Å². The van der Waals surface area contributed by atoms with E-state index >= 15 is 0 Å². The van der Waals surface area contributed by atoms with Crippen molar-refractivity contribution in [3.8, 4) is 10.6 Å². The maximum atomic E-state index is 4.74. The molecule has 2 aromatic heterocycles. The van der Waals surface area contributed by atoms with Crippen molar-refractivity contribution >= 4 is 17.2 Å². The van der Waals surface area contributed by atoms with Crippen molar-refractivity contribution in [1.82, 2.24) is 9.97 Å². The number of thiophene rings is 1. The first-order valence-corrected chi connectivity index (χ1v) is 7.67. The topological polar surface area (TPSA) is 37.8 Å². The molecule has 0 amide bonds. The lowest BCUT2D eigenvalue weighted by molar-refractivity contribution is 0.773. The van der Waals surface area contributed by atoms with Gasteiger partial charge in [0.05, 0.1) is 10.6 Å². The quantitative estimate of drug-likeness (QED) is 0.875. The molecule has 0 saturated heterocycles. The summed E-state index contributed by atoms with van der Waals surface area (Å²) >= 11 is 1.73. The Morgan fingerprint density at radius 3 is 2.68 bits per heavy atom. The van der Waals surface area contributed by atoms with E-state index in [1.165, 1.54) is 4.88 Å². The molecule has 0 fully saturated rings. The lowest BCUT2D eigenvalue weighted by Crippen LogP contribution is -2.09. The van der Waals surface area contributed by atoms with Crippen molar-refractivity contribution in [2.24, 2.45) is 0 Å². The first kappa shape index (κ1) is 14.0. The molecule has 0 bridgehead atoms. The maximum Gasteiger partial charge on any atom is 0.134 e. The zero-order valence-corrected chi connectivity index (χ0v) is 12.8. The fraction of sp³-hybridized carbons (Fsp3) is 0.467. The summed E-state index contributed by atoms with van der Waals surface area (Å²) in [6, 6.07) is 4.18. The molecule has 19 heavy (non-hydrogen) atoms. The summed E-state index contributed by atoms with van der Waals surface area (Å²) in [4.78, 5) is 10.6. The van der Waals surface area contributed by atoms with Gasteiger partial charge in [-0.3, -0.25) is 0 Å². The highest BCUT2D eigenvalue weighted by Gasteiger charge is 2.14. The fourth-order valence-corrected chi connectivity index (χ4v) is 2.63. The van der Waals surface area contributed by atoms with Crippen LogP contribution < -0.4 is 5.32 Å². The van der Waals surface area contributed by atoms with E-state index in [0.717, 1.165) is 35.9 Å². The van der Waals surface area contributed by atoms with Crippen LogP contribution in [0.15, 0.2) is 17.5 Å². The molecule has 0 unspecified atom stereocenters. The van der Waals surface area contributed by atoms with Crippen LogP contribution in [0.1, 0.15) is 44.5 Å². The molecule has 3 nitrogen and oxygen atoms in total. The maximum absolute atomic E-state index is 4.74. The van der Waals surface area contributed by atoms with Gasteiger partial charge >= 0.3 is 0 Å². The molecule has 0 spiro atoms. The van der Waals surface area contributed by atoms with Gasteiger partial charge in [0.25, 0.3) is 0 Å². The lowest BCUT2D eigenvalue weighted by atomic mass is 10.1. The molecule has 0 atom stereocenters. The van der Waals surface area contributed by atoms with Crippen LogP contribution in [0.3, 0.4) is 0 Å². The number of aromatic nitrogens is 2. The van der Waals surface area contributed by atoms with Gasteiger partial charge < -0.3 is 5.32 Å². The van der Waals surface area contributed by atoms with E-state index in [1.54, 1.807) is 11.3 Å². The van der Waals surface area contributed by atoms with E-state index in [-0.39, 0.29) is 0 Å². The average Bonchev–Trinajstić information content (AvgIpc) is 2.91. The molecule has 0 aromatic carbocycles. The van der Waals surface area contributed by atoms with E-state index in [2.05, 4.69) is 55.5 Å². The number of hydrogen-bond donors (Lipinski definition) is 1. The summed E-state index contributed by atoms with van der Waals surface area (Å²) in [7, 11) is 0. The van der Waals surface area contributed by atoms with E-state index in [4.69, 9.17) is 4.98 Å². The van der Waals surface area contributed by atoms with Crippen molar-refractivity contribution in [2.45, 2.75) is 40.0 Å². The summed E-state index contributed by atoms with van der Waals surface area (Å²) in [5.74, 6) is 2.22. The highest BCUT2D eigenvalue weighted by atomic mass is 32.1. The first-order chi connectivity index (χ1) is 9.13. The zero-order chi connectivity index (χ0) is 13.8. The third kappa shape index (κ3) is 3.13. The Balaban J connectivity index is 2.49. The minimum Gasteiger partial charge on any atom is -0.370 e. The second-order valence-electron chi connectivity index (χ2n) is 4.96. The van der Waals surface area contributed by atoms with Crippen LogP contribution in [0.25, 0.3) is 10.6 Å². The molecular formula is C15H21N3S. The Bertz CT molecular complexity index is 533. The largest absolute Gasteiger partial charge is 0.370 e. The molecule has 2 heterocycles. The lowest BCUT2D eigenvalue weighted by Gasteiger charge is -2.14. The third-order valence-corrected chi connectivity index (χ3v) is 3.85. The van der Waals surface area contributed by atoms with Gasteiger partial charge in [-0.2, -0.15) is 0 Å². The molecule has 0 aliphatic rings. The summed E-state index contributed by atoms with van der Waals surface area (Å²) < 4.78 is 0. The van der Waals surface area contributed by atoms with Gasteiger partial charge in [0.1, 0.15) is 11.6 Å². The summed E-state index contributed by atoms with van der Waals surface area (Å²) in [5.41, 5.74) is 2.20. The monoisotopic (exact) mass is 275 g/mol. The van der Waals surface area contributed by atoms with Crippen molar-refractivity contribution in [3.05, 3.63) is 28.9 Å². The molecule has 1 N–H and O–H groups in total. The number of rotatable bonds is 5. The van der Waals surface area contributed by atoms with Crippen LogP contribution in [0.4, 0.5) is 5.82 Å². The van der Waals surface area contributed by atoms with Crippen molar-refractivity contribution in [2.75, 3.05) is 11.9 Å². The molecule has 4 heteroatoms. The number of nitrogens with zero attached hydrogens (tertiary/aromatic N) is 2. The van der Waals surface area contributed by atoms with Gasteiger partial charge in [-0.05, 0) is 24.8 Å². The Morgan fingerprint density at radius 1 is 1.32 bits per heavy atom. The summed E-state index contributed by atoms with van der Waals surface area (Å²) in [6.07, 6.45) is 1.09. The van der Waals surface area contributed by atoms with Gasteiger partial charge in [0.2, 0.25) is 0 Å². The zero-order valence-electron chi connectivity index (χ0n) is 12.0. The molecular weight excluding hydrogens is 254 g/mol. The Labute approximate surface area is 119 Å². The second-order valence-corrected chi connectivity index (χ2v) is 5.91. The highest BCUT2D eigenvalue weighted by molar-refractivity contribution is 7.13. The molecule has 0 saturated carbocycles. The van der Waals surface area contributed by atoms with Gasteiger partial charge in [-0.25, -0.2) is 9.97 Å². The van der Waals surface area contributed by atoms with E-state index in [1.807, 2.05) is 0 Å². The van der Waals surface area contributed by atoms with Crippen LogP contribution in [0, 0.1) is 6.92 Å². The Kier molecular flexibility index (Phi) is 4.53. The van der Waals surface area contributed by atoms with Gasteiger partial charge in [0, 0.05) is 18.0 Å². The summed E-state index contributed by atoms with van der Waals surface area (Å²) in [5, 5.41) is 5.50. The standard InChI is InChI=1S/C15H21N3S/c1-5-8-16-15-11(4)13(12-7-6-9-19-12)17-14(18-15)10(2)3/h6-7,9-10H,5,8H2,1-4H3,(H,16,17,18). The molecule has 2 rings (SSSR count). The molecule has 102 valence electrons. The summed E-state index contributed by atoms with van der Waals surface area (Å²) in [6.45, 7) is 9.46. The minimum atomic E-state index is 0.335. The SMILES string of the molecule is CCCNc1nc(C(C)C)nc(-c2cccs2)c1C. The second kappa shape index (κ2) is 6.15. The Hall–Kier alpha value is -1.42. The fourth-order valence-electron chi connectivity index (χ4n) is 1.86. The van der Waals surface area contributed by atoms with E-state index in [0.29, 0.717) is 5.92 Å². The number of hydrogen-bond acceptors (Lipinski definition) is 4. The molecule has 2 aromatic rings.